The largest absolute Gasteiger partial charge is 0.494 e. The molecule has 5 rings (SSSR count). The van der Waals surface area contributed by atoms with Crippen molar-refractivity contribution in [1.82, 2.24) is 0 Å². The Morgan fingerprint density at radius 1 is 0.837 bits per heavy atom. The second-order valence-corrected chi connectivity index (χ2v) is 10.6. The van der Waals surface area contributed by atoms with Gasteiger partial charge in [-0.1, -0.05) is 72.8 Å². The summed E-state index contributed by atoms with van der Waals surface area (Å²) >= 11 is 0. The number of hydrogen-bond donors (Lipinski definition) is 1. The Labute approximate surface area is 252 Å². The second-order valence-electron chi connectivity index (χ2n) is 10.6. The Morgan fingerprint density at radius 3 is 2.16 bits per heavy atom. The van der Waals surface area contributed by atoms with Crippen molar-refractivity contribution < 1.29 is 23.9 Å². The average molecular weight is 577 g/mol. The maximum atomic E-state index is 13.2. The predicted molar refractivity (Wildman–Crippen MR) is 168 cm³/mol. The number of ketones is 1. The molecule has 0 heterocycles. The van der Waals surface area contributed by atoms with Gasteiger partial charge in [0.05, 0.1) is 13.7 Å². The Bertz CT molecular complexity index is 1520. The van der Waals surface area contributed by atoms with E-state index in [4.69, 9.17) is 9.47 Å². The quantitative estimate of drug-likeness (QED) is 0.107. The minimum Gasteiger partial charge on any atom is -0.494 e. The highest BCUT2D eigenvalue weighted by atomic mass is 16.5. The molecule has 0 aliphatic heterocycles. The smallest absolute Gasteiger partial charge is 0.328 e. The minimum absolute atomic E-state index is 0.127. The van der Waals surface area contributed by atoms with Crippen molar-refractivity contribution in [3.05, 3.63) is 126 Å². The van der Waals surface area contributed by atoms with Crippen molar-refractivity contribution in [3.8, 4) is 5.75 Å². The Hall–Kier alpha value is -4.91. The summed E-state index contributed by atoms with van der Waals surface area (Å²) in [6, 6.07) is 32.9. The molecule has 1 unspecified atom stereocenters. The molecule has 0 saturated heterocycles. The third-order valence-electron chi connectivity index (χ3n) is 7.44. The number of nitrogens with zero attached hydrogens (tertiary/aromatic N) is 1. The van der Waals surface area contributed by atoms with E-state index >= 15 is 0 Å². The zero-order valence-corrected chi connectivity index (χ0v) is 24.3. The molecule has 1 amide bonds. The second kappa shape index (κ2) is 14.3. The van der Waals surface area contributed by atoms with E-state index < -0.39 is 12.0 Å². The van der Waals surface area contributed by atoms with Gasteiger partial charge in [-0.3, -0.25) is 9.59 Å². The van der Waals surface area contributed by atoms with Crippen LogP contribution in [0.2, 0.25) is 0 Å². The van der Waals surface area contributed by atoms with Gasteiger partial charge in [-0.15, -0.1) is 0 Å². The predicted octanol–water partition coefficient (Wildman–Crippen LogP) is 6.33. The summed E-state index contributed by atoms with van der Waals surface area (Å²) in [5.41, 5.74) is 3.45. The number of para-hydroxylation sites is 2. The van der Waals surface area contributed by atoms with Crippen LogP contribution in [0.5, 0.6) is 5.75 Å². The molecule has 1 fully saturated rings. The number of nitrogens with one attached hydrogen (secondary N) is 1. The zero-order chi connectivity index (χ0) is 30.0. The number of carbonyl (C=O) groups excluding carboxylic acids is 3. The van der Waals surface area contributed by atoms with Gasteiger partial charge in [0.2, 0.25) is 5.91 Å². The molecular formula is C36H36N2O5. The first-order chi connectivity index (χ1) is 21.0. The molecule has 4 aromatic carbocycles. The van der Waals surface area contributed by atoms with Crippen LogP contribution < -0.4 is 15.0 Å². The van der Waals surface area contributed by atoms with E-state index in [0.717, 1.165) is 24.1 Å². The summed E-state index contributed by atoms with van der Waals surface area (Å²) in [6.07, 6.45) is 2.99. The number of esters is 1. The van der Waals surface area contributed by atoms with Gasteiger partial charge in [0.25, 0.3) is 0 Å². The van der Waals surface area contributed by atoms with E-state index in [2.05, 4.69) is 5.32 Å². The molecule has 7 heteroatoms. The highest BCUT2D eigenvalue weighted by Crippen LogP contribution is 2.33. The van der Waals surface area contributed by atoms with Crippen LogP contribution in [0.25, 0.3) is 0 Å². The number of ether oxygens (including phenoxy) is 2. The molecule has 0 radical (unpaired) electrons. The van der Waals surface area contributed by atoms with Gasteiger partial charge in [0, 0.05) is 41.4 Å². The summed E-state index contributed by atoms with van der Waals surface area (Å²) in [4.78, 5) is 40.6. The van der Waals surface area contributed by atoms with Gasteiger partial charge in [-0.05, 0) is 61.2 Å². The summed E-state index contributed by atoms with van der Waals surface area (Å²) < 4.78 is 11.1. The van der Waals surface area contributed by atoms with Gasteiger partial charge in [0.1, 0.15) is 11.8 Å². The summed E-state index contributed by atoms with van der Waals surface area (Å²) in [6.45, 7) is 1.07. The Balaban J connectivity index is 1.18. The number of methoxy groups -OCH3 is 1. The molecule has 1 N–H and O–H groups in total. The number of anilines is 2. The van der Waals surface area contributed by atoms with Crippen LogP contribution in [0.15, 0.2) is 109 Å². The van der Waals surface area contributed by atoms with E-state index in [1.165, 1.54) is 7.11 Å². The summed E-state index contributed by atoms with van der Waals surface area (Å²) in [5.74, 6) is 0.500. The maximum Gasteiger partial charge on any atom is 0.328 e. The standard InChI is InChI=1S/C36H36N2O5/c1-42-36(41)33(37-32-16-9-8-15-31(32)34(39)27-11-4-2-5-12-27)25-26-17-21-30(22-18-26)43-24-10-23-38(35(40)28-19-20-28)29-13-6-3-7-14-29/h2-9,11-18,21-22,28,33,37H,10,19-20,23-25H2,1H3. The number of carbonyl (C=O) groups is 3. The van der Waals surface area contributed by atoms with Crippen molar-refractivity contribution in [2.75, 3.05) is 30.5 Å². The Kier molecular flexibility index (Phi) is 9.85. The maximum absolute atomic E-state index is 13.2. The van der Waals surface area contributed by atoms with Crippen LogP contribution in [-0.2, 0) is 20.7 Å². The average Bonchev–Trinajstić information content (AvgIpc) is 3.91. The minimum atomic E-state index is -0.700. The highest BCUT2D eigenvalue weighted by Gasteiger charge is 2.33. The van der Waals surface area contributed by atoms with Crippen LogP contribution in [-0.4, -0.2) is 44.0 Å². The third kappa shape index (κ3) is 7.89. The molecule has 1 saturated carbocycles. The molecule has 1 aliphatic carbocycles. The normalized spacial score (nSPS) is 13.0. The lowest BCUT2D eigenvalue weighted by atomic mass is 10.00. The SMILES string of the molecule is COC(=O)C(Cc1ccc(OCCCN(C(=O)C2CC2)c2ccccc2)cc1)Nc1ccccc1C(=O)c1ccccc1. The van der Waals surface area contributed by atoms with E-state index in [1.807, 2.05) is 83.8 Å². The number of amides is 1. The monoisotopic (exact) mass is 576 g/mol. The Morgan fingerprint density at radius 2 is 1.49 bits per heavy atom. The molecule has 7 nitrogen and oxygen atoms in total. The molecule has 0 bridgehead atoms. The van der Waals surface area contributed by atoms with Crippen LogP contribution in [0, 0.1) is 5.92 Å². The summed E-state index contributed by atoms with van der Waals surface area (Å²) in [7, 11) is 1.35. The van der Waals surface area contributed by atoms with E-state index in [1.54, 1.807) is 30.3 Å². The fourth-order valence-corrected chi connectivity index (χ4v) is 4.97. The van der Waals surface area contributed by atoms with Crippen molar-refractivity contribution in [2.45, 2.75) is 31.7 Å². The number of rotatable bonds is 14. The first kappa shape index (κ1) is 29.6. The highest BCUT2D eigenvalue weighted by molar-refractivity contribution is 6.12. The molecule has 0 aromatic heterocycles. The van der Waals surface area contributed by atoms with Gasteiger partial charge < -0.3 is 19.7 Å². The van der Waals surface area contributed by atoms with Gasteiger partial charge in [-0.2, -0.15) is 0 Å². The van der Waals surface area contributed by atoms with Crippen LogP contribution >= 0.6 is 0 Å². The van der Waals surface area contributed by atoms with E-state index in [-0.39, 0.29) is 17.6 Å². The van der Waals surface area contributed by atoms with Crippen LogP contribution in [0.1, 0.15) is 40.7 Å². The van der Waals surface area contributed by atoms with Crippen molar-refractivity contribution >= 4 is 29.0 Å². The fourth-order valence-electron chi connectivity index (χ4n) is 4.97. The molecule has 220 valence electrons. The lowest BCUT2D eigenvalue weighted by molar-refractivity contribution is -0.141. The first-order valence-corrected chi connectivity index (χ1v) is 14.6. The van der Waals surface area contributed by atoms with Crippen molar-refractivity contribution in [3.63, 3.8) is 0 Å². The number of hydrogen-bond acceptors (Lipinski definition) is 6. The first-order valence-electron chi connectivity index (χ1n) is 14.6. The zero-order valence-electron chi connectivity index (χ0n) is 24.3. The van der Waals surface area contributed by atoms with Crippen LogP contribution in [0.3, 0.4) is 0 Å². The van der Waals surface area contributed by atoms with Crippen LogP contribution in [0.4, 0.5) is 11.4 Å². The van der Waals surface area contributed by atoms with Gasteiger partial charge in [-0.25, -0.2) is 4.79 Å². The topological polar surface area (TPSA) is 84.9 Å². The van der Waals surface area contributed by atoms with Crippen molar-refractivity contribution in [2.24, 2.45) is 5.92 Å². The fraction of sp³-hybridized carbons (Fsp3) is 0.250. The lowest BCUT2D eigenvalue weighted by Crippen LogP contribution is -2.33. The van der Waals surface area contributed by atoms with E-state index in [9.17, 15) is 14.4 Å². The molecule has 1 aliphatic rings. The summed E-state index contributed by atoms with van der Waals surface area (Å²) in [5, 5.41) is 3.24. The van der Waals surface area contributed by atoms with Gasteiger partial charge in [0.15, 0.2) is 5.78 Å². The van der Waals surface area contributed by atoms with Gasteiger partial charge >= 0.3 is 5.97 Å². The molecule has 4 aromatic rings. The lowest BCUT2D eigenvalue weighted by Gasteiger charge is -2.23. The number of benzene rings is 4. The third-order valence-corrected chi connectivity index (χ3v) is 7.44. The molecular weight excluding hydrogens is 540 g/mol. The molecule has 0 spiro atoms. The van der Waals surface area contributed by atoms with E-state index in [0.29, 0.717) is 48.6 Å². The van der Waals surface area contributed by atoms with Crippen molar-refractivity contribution in [1.29, 1.82) is 0 Å². The molecule has 1 atom stereocenters. The molecule has 43 heavy (non-hydrogen) atoms.